The molecule has 0 aliphatic heterocycles. The van der Waals surface area contributed by atoms with Crippen LogP contribution in [0, 0.1) is 6.92 Å². The van der Waals surface area contributed by atoms with E-state index >= 15 is 0 Å². The smallest absolute Gasteiger partial charge is 0.159 e. The largest absolute Gasteiger partial charge is 0.357 e. The van der Waals surface area contributed by atoms with Crippen LogP contribution in [0.3, 0.4) is 0 Å². The van der Waals surface area contributed by atoms with Crippen LogP contribution >= 0.6 is 0 Å². The van der Waals surface area contributed by atoms with Crippen molar-refractivity contribution in [2.45, 2.75) is 6.92 Å². The first kappa shape index (κ1) is 12.6. The Balaban J connectivity index is 1.69. The number of benzene rings is 1. The van der Waals surface area contributed by atoms with Crippen LogP contribution in [-0.2, 0) is 0 Å². The van der Waals surface area contributed by atoms with Crippen LogP contribution in [0.4, 0.5) is 11.6 Å². The SMILES string of the molecule is Cc1nc(Nc2cc(-c3ccccc3)[nH]n2)c2[nH]ccc2n1. The fourth-order valence-corrected chi connectivity index (χ4v) is 2.42. The summed E-state index contributed by atoms with van der Waals surface area (Å²) in [5.74, 6) is 2.15. The van der Waals surface area contributed by atoms with Gasteiger partial charge in [-0.25, -0.2) is 9.97 Å². The summed E-state index contributed by atoms with van der Waals surface area (Å²) >= 11 is 0. The van der Waals surface area contributed by atoms with Gasteiger partial charge in [0.05, 0.1) is 11.2 Å². The Morgan fingerprint density at radius 3 is 2.77 bits per heavy atom. The van der Waals surface area contributed by atoms with Gasteiger partial charge in [-0.2, -0.15) is 5.10 Å². The Labute approximate surface area is 126 Å². The molecular formula is C16H14N6. The highest BCUT2D eigenvalue weighted by Gasteiger charge is 2.09. The van der Waals surface area contributed by atoms with Gasteiger partial charge >= 0.3 is 0 Å². The van der Waals surface area contributed by atoms with Gasteiger partial charge < -0.3 is 10.3 Å². The summed E-state index contributed by atoms with van der Waals surface area (Å²) in [6.07, 6.45) is 1.85. The quantitative estimate of drug-likeness (QED) is 0.540. The molecule has 3 heterocycles. The van der Waals surface area contributed by atoms with Crippen molar-refractivity contribution in [2.24, 2.45) is 0 Å². The molecule has 3 N–H and O–H groups in total. The standard InChI is InChI=1S/C16H14N6/c1-10-18-12-7-8-17-15(12)16(19-10)20-14-9-13(21-22-14)11-5-3-2-4-6-11/h2-9,17H,1H3,(H2,18,19,20,21,22). The first-order chi connectivity index (χ1) is 10.8. The van der Waals surface area contributed by atoms with Gasteiger partial charge in [-0.15, -0.1) is 0 Å². The highest BCUT2D eigenvalue weighted by atomic mass is 15.2. The molecule has 0 fully saturated rings. The zero-order valence-electron chi connectivity index (χ0n) is 12.0. The molecule has 4 rings (SSSR count). The Morgan fingerprint density at radius 1 is 1.05 bits per heavy atom. The van der Waals surface area contributed by atoms with Crippen LogP contribution in [0.15, 0.2) is 48.7 Å². The molecule has 0 unspecified atom stereocenters. The number of hydrogen-bond acceptors (Lipinski definition) is 4. The minimum Gasteiger partial charge on any atom is -0.357 e. The number of H-pyrrole nitrogens is 2. The van der Waals surface area contributed by atoms with Crippen molar-refractivity contribution in [1.82, 2.24) is 25.1 Å². The Morgan fingerprint density at radius 2 is 1.91 bits per heavy atom. The molecule has 0 spiro atoms. The van der Waals surface area contributed by atoms with Crippen LogP contribution in [-0.4, -0.2) is 25.1 Å². The average molecular weight is 290 g/mol. The third-order valence-electron chi connectivity index (χ3n) is 3.43. The van der Waals surface area contributed by atoms with E-state index in [0.717, 1.165) is 28.1 Å². The predicted octanol–water partition coefficient (Wildman–Crippen LogP) is 3.40. The van der Waals surface area contributed by atoms with Crippen molar-refractivity contribution in [3.8, 4) is 11.3 Å². The van der Waals surface area contributed by atoms with E-state index in [-0.39, 0.29) is 0 Å². The molecule has 6 nitrogen and oxygen atoms in total. The molecular weight excluding hydrogens is 276 g/mol. The topological polar surface area (TPSA) is 82.3 Å². The lowest BCUT2D eigenvalue weighted by molar-refractivity contribution is 1.07. The Kier molecular flexibility index (Phi) is 2.86. The van der Waals surface area contributed by atoms with Crippen molar-refractivity contribution in [3.05, 3.63) is 54.5 Å². The number of aromatic nitrogens is 5. The van der Waals surface area contributed by atoms with Crippen molar-refractivity contribution < 1.29 is 0 Å². The predicted molar refractivity (Wildman–Crippen MR) is 85.9 cm³/mol. The number of hydrogen-bond donors (Lipinski definition) is 3. The van der Waals surface area contributed by atoms with E-state index in [2.05, 4.69) is 30.5 Å². The zero-order chi connectivity index (χ0) is 14.9. The molecule has 0 atom stereocenters. The molecule has 0 saturated carbocycles. The van der Waals surface area contributed by atoms with Crippen LogP contribution in [0.5, 0.6) is 0 Å². The number of anilines is 2. The molecule has 0 saturated heterocycles. The summed E-state index contributed by atoms with van der Waals surface area (Å²) in [6, 6.07) is 13.9. The van der Waals surface area contributed by atoms with Gasteiger partial charge in [0, 0.05) is 12.3 Å². The van der Waals surface area contributed by atoms with Gasteiger partial charge in [-0.3, -0.25) is 5.10 Å². The van der Waals surface area contributed by atoms with E-state index in [0.29, 0.717) is 11.6 Å². The second kappa shape index (κ2) is 5.00. The molecule has 22 heavy (non-hydrogen) atoms. The van der Waals surface area contributed by atoms with E-state index < -0.39 is 0 Å². The maximum Gasteiger partial charge on any atom is 0.159 e. The van der Waals surface area contributed by atoms with E-state index in [4.69, 9.17) is 0 Å². The summed E-state index contributed by atoms with van der Waals surface area (Å²) in [5.41, 5.74) is 3.80. The molecule has 6 heteroatoms. The molecule has 1 aromatic carbocycles. The lowest BCUT2D eigenvalue weighted by atomic mass is 10.2. The fraction of sp³-hybridized carbons (Fsp3) is 0.0625. The zero-order valence-corrected chi connectivity index (χ0v) is 12.0. The Hall–Kier alpha value is -3.15. The molecule has 4 aromatic rings. The molecule has 0 radical (unpaired) electrons. The molecule has 108 valence electrons. The summed E-state index contributed by atoms with van der Waals surface area (Å²) in [4.78, 5) is 12.0. The molecule has 0 bridgehead atoms. The molecule has 0 aliphatic carbocycles. The average Bonchev–Trinajstić information content (AvgIpc) is 3.17. The van der Waals surface area contributed by atoms with Gasteiger partial charge in [0.25, 0.3) is 0 Å². The van der Waals surface area contributed by atoms with Gasteiger partial charge in [0.15, 0.2) is 11.6 Å². The maximum absolute atomic E-state index is 4.44. The normalized spacial score (nSPS) is 11.0. The number of rotatable bonds is 3. The highest BCUT2D eigenvalue weighted by molar-refractivity contribution is 5.87. The fourth-order valence-electron chi connectivity index (χ4n) is 2.42. The van der Waals surface area contributed by atoms with Gasteiger partial charge in [-0.05, 0) is 18.6 Å². The van der Waals surface area contributed by atoms with E-state index in [1.54, 1.807) is 0 Å². The Bertz CT molecular complexity index is 922. The minimum atomic E-state index is 0.716. The maximum atomic E-state index is 4.44. The highest BCUT2D eigenvalue weighted by Crippen LogP contribution is 2.24. The number of fused-ring (bicyclic) bond motifs is 1. The molecule has 0 aliphatic rings. The van der Waals surface area contributed by atoms with Gasteiger partial charge in [-0.1, -0.05) is 30.3 Å². The first-order valence-electron chi connectivity index (χ1n) is 6.99. The van der Waals surface area contributed by atoms with Crippen LogP contribution in [0.2, 0.25) is 0 Å². The first-order valence-corrected chi connectivity index (χ1v) is 6.99. The monoisotopic (exact) mass is 290 g/mol. The van der Waals surface area contributed by atoms with Crippen LogP contribution in [0.1, 0.15) is 5.82 Å². The third kappa shape index (κ3) is 2.20. The number of aryl methyl sites for hydroxylation is 1. The van der Waals surface area contributed by atoms with Crippen molar-refractivity contribution in [1.29, 1.82) is 0 Å². The van der Waals surface area contributed by atoms with Gasteiger partial charge in [0.2, 0.25) is 0 Å². The third-order valence-corrected chi connectivity index (χ3v) is 3.43. The molecule has 0 amide bonds. The number of nitrogens with zero attached hydrogens (tertiary/aromatic N) is 3. The molecule has 3 aromatic heterocycles. The van der Waals surface area contributed by atoms with Crippen molar-refractivity contribution in [2.75, 3.05) is 5.32 Å². The number of aromatic amines is 2. The lowest BCUT2D eigenvalue weighted by Crippen LogP contribution is -1.98. The van der Waals surface area contributed by atoms with Crippen molar-refractivity contribution in [3.63, 3.8) is 0 Å². The van der Waals surface area contributed by atoms with Crippen LogP contribution in [0.25, 0.3) is 22.3 Å². The van der Waals surface area contributed by atoms with E-state index in [1.165, 1.54) is 0 Å². The van der Waals surface area contributed by atoms with Gasteiger partial charge in [0.1, 0.15) is 11.3 Å². The summed E-state index contributed by atoms with van der Waals surface area (Å²) < 4.78 is 0. The minimum absolute atomic E-state index is 0.716. The summed E-state index contributed by atoms with van der Waals surface area (Å²) in [7, 11) is 0. The van der Waals surface area contributed by atoms with Crippen LogP contribution < -0.4 is 5.32 Å². The van der Waals surface area contributed by atoms with Crippen molar-refractivity contribution >= 4 is 22.7 Å². The van der Waals surface area contributed by atoms with E-state index in [1.807, 2.05) is 55.6 Å². The summed E-state index contributed by atoms with van der Waals surface area (Å²) in [5, 5.41) is 10.6. The lowest BCUT2D eigenvalue weighted by Gasteiger charge is -2.04. The van der Waals surface area contributed by atoms with E-state index in [9.17, 15) is 0 Å². The summed E-state index contributed by atoms with van der Waals surface area (Å²) in [6.45, 7) is 1.87. The second-order valence-corrected chi connectivity index (χ2v) is 5.02. The number of nitrogens with one attached hydrogen (secondary N) is 3. The second-order valence-electron chi connectivity index (χ2n) is 5.02.